The summed E-state index contributed by atoms with van der Waals surface area (Å²) in [5.74, 6) is -0.540. The van der Waals surface area contributed by atoms with Gasteiger partial charge in [0.05, 0.1) is 10.6 Å². The normalized spacial score (nSPS) is 15.3. The molecule has 32 heavy (non-hydrogen) atoms. The lowest BCUT2D eigenvalue weighted by atomic mass is 10.2. The van der Waals surface area contributed by atoms with Gasteiger partial charge >= 0.3 is 0 Å². The Hall–Kier alpha value is -3.38. The number of aromatic nitrogens is 1. The second-order valence-electron chi connectivity index (χ2n) is 6.55. The lowest BCUT2D eigenvalue weighted by Gasteiger charge is -2.12. The smallest absolute Gasteiger partial charge is 0.293 e. The molecule has 2 heterocycles. The van der Waals surface area contributed by atoms with Crippen molar-refractivity contribution in [1.82, 2.24) is 9.88 Å². The molecule has 3 rings (SSSR count). The summed E-state index contributed by atoms with van der Waals surface area (Å²) in [6.07, 6.45) is 3.65. The number of imide groups is 1. The maximum atomic E-state index is 12.5. The summed E-state index contributed by atoms with van der Waals surface area (Å²) in [6, 6.07) is 10.1. The molecule has 1 aromatic carbocycles. The van der Waals surface area contributed by atoms with E-state index in [0.29, 0.717) is 28.3 Å². The van der Waals surface area contributed by atoms with E-state index in [-0.39, 0.29) is 35.9 Å². The van der Waals surface area contributed by atoms with Gasteiger partial charge in [-0.3, -0.25) is 24.3 Å². The maximum Gasteiger partial charge on any atom is 0.293 e. The number of halogens is 1. The standard InChI is InChI=1S/C20H18BrN7O3S/c21-13-5-8-15(24-11-13)10-16-19(30)28(20(31)32-16)9-1-2-17(29)25-14-6-3-12(4-7-14)18(22)26-27-23/h3-8,10-11H,1-2,9H2,(H,25,29)(H3,22,23,26)/b16-10-. The monoisotopic (exact) mass is 515 g/mol. The first-order valence-electron chi connectivity index (χ1n) is 9.34. The van der Waals surface area contributed by atoms with Crippen molar-refractivity contribution in [2.75, 3.05) is 11.9 Å². The van der Waals surface area contributed by atoms with Crippen LogP contribution >= 0.6 is 27.7 Å². The van der Waals surface area contributed by atoms with Crippen molar-refractivity contribution in [2.24, 2.45) is 16.1 Å². The number of carbonyl (C=O) groups excluding carboxylic acids is 3. The van der Waals surface area contributed by atoms with Crippen LogP contribution in [0.25, 0.3) is 6.08 Å². The van der Waals surface area contributed by atoms with Crippen molar-refractivity contribution >= 4 is 62.3 Å². The maximum absolute atomic E-state index is 12.5. The molecule has 0 atom stereocenters. The van der Waals surface area contributed by atoms with Crippen molar-refractivity contribution in [1.29, 1.82) is 5.53 Å². The van der Waals surface area contributed by atoms with Crippen molar-refractivity contribution in [3.63, 3.8) is 0 Å². The van der Waals surface area contributed by atoms with Gasteiger partial charge in [-0.1, -0.05) is 5.22 Å². The van der Waals surface area contributed by atoms with Crippen molar-refractivity contribution < 1.29 is 14.4 Å². The number of amidine groups is 1. The summed E-state index contributed by atoms with van der Waals surface area (Å²) >= 11 is 4.15. The zero-order valence-corrected chi connectivity index (χ0v) is 19.0. The highest BCUT2D eigenvalue weighted by atomic mass is 79.9. The molecule has 4 N–H and O–H groups in total. The van der Waals surface area contributed by atoms with E-state index in [9.17, 15) is 14.4 Å². The van der Waals surface area contributed by atoms with Crippen LogP contribution in [0.4, 0.5) is 10.5 Å². The molecule has 1 aliphatic rings. The number of hydrogen-bond acceptors (Lipinski definition) is 7. The average Bonchev–Trinajstić information content (AvgIpc) is 3.03. The number of carbonyl (C=O) groups is 3. The first kappa shape index (κ1) is 23.3. The number of benzene rings is 1. The van der Waals surface area contributed by atoms with Gasteiger partial charge in [0.2, 0.25) is 5.91 Å². The third-order valence-electron chi connectivity index (χ3n) is 4.31. The zero-order chi connectivity index (χ0) is 23.1. The number of pyridine rings is 1. The topological polar surface area (TPSA) is 154 Å². The number of hydrogen-bond donors (Lipinski definition) is 3. The molecule has 3 amide bonds. The van der Waals surface area contributed by atoms with Gasteiger partial charge in [0, 0.05) is 34.9 Å². The molecule has 1 aliphatic heterocycles. The van der Waals surface area contributed by atoms with E-state index < -0.39 is 0 Å². The number of nitrogens with one attached hydrogen (secondary N) is 2. The summed E-state index contributed by atoms with van der Waals surface area (Å²) in [5.41, 5.74) is 14.0. The molecule has 0 aliphatic carbocycles. The summed E-state index contributed by atoms with van der Waals surface area (Å²) in [4.78, 5) is 42.5. The van der Waals surface area contributed by atoms with E-state index in [1.54, 1.807) is 48.7 Å². The van der Waals surface area contributed by atoms with Crippen LogP contribution < -0.4 is 11.1 Å². The van der Waals surface area contributed by atoms with Crippen molar-refractivity contribution in [2.45, 2.75) is 12.8 Å². The van der Waals surface area contributed by atoms with Gasteiger partial charge in [-0.15, -0.1) is 5.10 Å². The Bertz CT molecular complexity index is 1100. The Morgan fingerprint density at radius 2 is 2.00 bits per heavy atom. The van der Waals surface area contributed by atoms with E-state index in [4.69, 9.17) is 11.3 Å². The van der Waals surface area contributed by atoms with Gasteiger partial charge < -0.3 is 11.1 Å². The molecule has 1 saturated heterocycles. The largest absolute Gasteiger partial charge is 0.382 e. The first-order valence-corrected chi connectivity index (χ1v) is 11.0. The minimum atomic E-state index is -0.389. The molecule has 10 nitrogen and oxygen atoms in total. The molecule has 0 unspecified atom stereocenters. The molecule has 0 bridgehead atoms. The summed E-state index contributed by atoms with van der Waals surface area (Å²) in [5, 5.41) is 8.68. The lowest BCUT2D eigenvalue weighted by molar-refractivity contribution is -0.123. The highest BCUT2D eigenvalue weighted by Crippen LogP contribution is 2.32. The Labute approximate surface area is 196 Å². The molecule has 0 saturated carbocycles. The lowest BCUT2D eigenvalue weighted by Crippen LogP contribution is -2.29. The third kappa shape index (κ3) is 6.08. The minimum Gasteiger partial charge on any atom is -0.382 e. The van der Waals surface area contributed by atoms with E-state index in [1.807, 2.05) is 0 Å². The van der Waals surface area contributed by atoms with Gasteiger partial charge in [0.1, 0.15) is 0 Å². The Morgan fingerprint density at radius 1 is 1.25 bits per heavy atom. The summed E-state index contributed by atoms with van der Waals surface area (Å²) < 4.78 is 0.815. The summed E-state index contributed by atoms with van der Waals surface area (Å²) in [7, 11) is 0. The van der Waals surface area contributed by atoms with E-state index in [0.717, 1.165) is 21.1 Å². The van der Waals surface area contributed by atoms with Crippen LogP contribution in [0.15, 0.2) is 62.3 Å². The van der Waals surface area contributed by atoms with E-state index in [2.05, 4.69) is 36.6 Å². The van der Waals surface area contributed by atoms with Gasteiger partial charge in [0.15, 0.2) is 5.84 Å². The highest BCUT2D eigenvalue weighted by Gasteiger charge is 2.34. The molecule has 164 valence electrons. The summed E-state index contributed by atoms with van der Waals surface area (Å²) in [6.45, 7) is 0.145. The minimum absolute atomic E-state index is 0.0972. The third-order valence-corrected chi connectivity index (χ3v) is 5.69. The zero-order valence-electron chi connectivity index (χ0n) is 16.6. The number of thioether (sulfide) groups is 1. The van der Waals surface area contributed by atoms with Crippen LogP contribution in [0.3, 0.4) is 0 Å². The molecule has 1 aromatic heterocycles. The van der Waals surface area contributed by atoms with Crippen LogP contribution in [0.5, 0.6) is 0 Å². The Balaban J connectivity index is 1.50. The van der Waals surface area contributed by atoms with Crippen LogP contribution in [0.2, 0.25) is 0 Å². The fourth-order valence-corrected chi connectivity index (χ4v) is 3.84. The average molecular weight is 516 g/mol. The quantitative estimate of drug-likeness (QED) is 0.159. The number of nitrogens with two attached hydrogens (primary N) is 1. The van der Waals surface area contributed by atoms with Gasteiger partial charge in [-0.2, -0.15) is 5.53 Å². The molecule has 12 heteroatoms. The number of anilines is 1. The Morgan fingerprint density at radius 3 is 2.66 bits per heavy atom. The van der Waals surface area contributed by atoms with Crippen LogP contribution in [-0.2, 0) is 9.59 Å². The molecular formula is C20H18BrN7O3S. The molecule has 0 radical (unpaired) electrons. The van der Waals surface area contributed by atoms with Gasteiger partial charge in [-0.25, -0.2) is 0 Å². The second kappa shape index (κ2) is 10.8. The highest BCUT2D eigenvalue weighted by molar-refractivity contribution is 9.10. The number of amides is 3. The van der Waals surface area contributed by atoms with E-state index >= 15 is 0 Å². The fourth-order valence-electron chi connectivity index (χ4n) is 2.76. The first-order chi connectivity index (χ1) is 15.4. The number of nitrogens with zero attached hydrogens (tertiary/aromatic N) is 4. The van der Waals surface area contributed by atoms with Gasteiger partial charge in [0.25, 0.3) is 11.1 Å². The van der Waals surface area contributed by atoms with Crippen molar-refractivity contribution in [3.05, 3.63) is 63.2 Å². The van der Waals surface area contributed by atoms with Crippen LogP contribution in [-0.4, -0.2) is 39.3 Å². The Kier molecular flexibility index (Phi) is 7.84. The second-order valence-corrected chi connectivity index (χ2v) is 8.46. The molecule has 0 spiro atoms. The molecular weight excluding hydrogens is 498 g/mol. The van der Waals surface area contributed by atoms with Gasteiger partial charge in [-0.05, 0) is 76.6 Å². The van der Waals surface area contributed by atoms with E-state index in [1.165, 1.54) is 0 Å². The predicted octanol–water partition coefficient (Wildman–Crippen LogP) is 3.95. The van der Waals surface area contributed by atoms with Crippen molar-refractivity contribution in [3.8, 4) is 0 Å². The van der Waals surface area contributed by atoms with Crippen LogP contribution in [0, 0.1) is 5.53 Å². The SMILES string of the molecule is N=N/N=C(\N)c1ccc(NC(=O)CCCN2C(=O)S/C(=C\c3ccc(Br)cn3)C2=O)cc1. The fraction of sp³-hybridized carbons (Fsp3) is 0.150. The van der Waals surface area contributed by atoms with Crippen LogP contribution in [0.1, 0.15) is 24.1 Å². The number of rotatable bonds is 8. The molecule has 1 fully saturated rings. The predicted molar refractivity (Wildman–Crippen MR) is 125 cm³/mol. The molecule has 2 aromatic rings.